The molecule has 0 saturated heterocycles. The van der Waals surface area contributed by atoms with Gasteiger partial charge in [0.05, 0.1) is 16.2 Å². The van der Waals surface area contributed by atoms with Crippen molar-refractivity contribution in [3.05, 3.63) is 16.4 Å². The molecule has 5 heteroatoms. The van der Waals surface area contributed by atoms with Gasteiger partial charge in [0, 0.05) is 6.54 Å². The summed E-state index contributed by atoms with van der Waals surface area (Å²) in [6, 6.07) is 0. The lowest BCUT2D eigenvalue weighted by molar-refractivity contribution is 0.0807. The second-order valence-electron chi connectivity index (χ2n) is 5.75. The van der Waals surface area contributed by atoms with Crippen molar-refractivity contribution < 1.29 is 4.79 Å². The van der Waals surface area contributed by atoms with E-state index >= 15 is 0 Å². The van der Waals surface area contributed by atoms with Crippen LogP contribution < -0.4 is 5.73 Å². The number of hydrogen-bond donors (Lipinski definition) is 1. The minimum Gasteiger partial charge on any atom is -0.319 e. The third-order valence-corrected chi connectivity index (χ3v) is 4.51. The number of nitrogens with two attached hydrogens (primary N) is 1. The number of aryl methyl sites for hydroxylation is 1. The Kier molecular flexibility index (Phi) is 4.46. The molecule has 1 aliphatic carbocycles. The van der Waals surface area contributed by atoms with Crippen LogP contribution in [-0.2, 0) is 6.54 Å². The summed E-state index contributed by atoms with van der Waals surface area (Å²) < 4.78 is 2.54. The number of carbonyl (C=O) groups excluding carboxylic acids is 1. The number of hydrogen-bond acceptors (Lipinski definition) is 3. The smallest absolute Gasteiger partial charge is 0.201 e. The number of carbonyl (C=O) groups is 1. The Hall–Kier alpha value is -0.680. The molecule has 1 heterocycles. The summed E-state index contributed by atoms with van der Waals surface area (Å²) in [5.41, 5.74) is 6.33. The van der Waals surface area contributed by atoms with Crippen LogP contribution in [0.2, 0.25) is 0 Å². The van der Waals surface area contributed by atoms with Gasteiger partial charge in [-0.25, -0.2) is 0 Å². The number of halogens is 1. The van der Waals surface area contributed by atoms with E-state index in [1.54, 1.807) is 10.9 Å². The molecule has 1 aromatic heterocycles. The van der Waals surface area contributed by atoms with E-state index in [2.05, 4.69) is 34.9 Å². The molecule has 106 valence electrons. The summed E-state index contributed by atoms with van der Waals surface area (Å²) in [7, 11) is 0. The highest BCUT2D eigenvalue weighted by Gasteiger charge is 2.40. The Morgan fingerprint density at radius 1 is 1.68 bits per heavy atom. The molecule has 1 saturated carbocycles. The average molecular weight is 328 g/mol. The first kappa shape index (κ1) is 14.7. The minimum absolute atomic E-state index is 0.0388. The topological polar surface area (TPSA) is 60.9 Å². The van der Waals surface area contributed by atoms with Gasteiger partial charge in [-0.15, -0.1) is 0 Å². The molecule has 0 radical (unpaired) electrons. The maximum atomic E-state index is 12.8. The van der Waals surface area contributed by atoms with E-state index in [9.17, 15) is 4.79 Å². The fourth-order valence-electron chi connectivity index (χ4n) is 3.00. The first-order valence-electron chi connectivity index (χ1n) is 7.03. The van der Waals surface area contributed by atoms with E-state index in [0.29, 0.717) is 11.6 Å². The SMILES string of the molecule is CCCn1ncc(Br)c1C(=O)C1(N)CCCC(C)C1. The standard InChI is InChI=1S/C14H22BrN3O/c1-3-7-18-12(11(15)9-17-18)13(19)14(16)6-4-5-10(2)8-14/h9-10H,3-8,16H2,1-2H3. The molecule has 19 heavy (non-hydrogen) atoms. The van der Waals surface area contributed by atoms with E-state index in [-0.39, 0.29) is 5.78 Å². The Morgan fingerprint density at radius 3 is 3.05 bits per heavy atom. The highest BCUT2D eigenvalue weighted by atomic mass is 79.9. The minimum atomic E-state index is -0.717. The van der Waals surface area contributed by atoms with Gasteiger partial charge in [0.1, 0.15) is 5.69 Å². The van der Waals surface area contributed by atoms with Crippen LogP contribution in [0, 0.1) is 5.92 Å². The zero-order valence-corrected chi connectivity index (χ0v) is 13.2. The van der Waals surface area contributed by atoms with E-state index in [1.807, 2.05) is 0 Å². The Balaban J connectivity index is 2.30. The maximum absolute atomic E-state index is 12.8. The molecule has 2 N–H and O–H groups in total. The first-order chi connectivity index (χ1) is 8.98. The molecule has 0 spiro atoms. The number of ketones is 1. The van der Waals surface area contributed by atoms with Crippen molar-refractivity contribution in [3.63, 3.8) is 0 Å². The van der Waals surface area contributed by atoms with Crippen molar-refractivity contribution in [3.8, 4) is 0 Å². The van der Waals surface area contributed by atoms with Crippen LogP contribution >= 0.6 is 15.9 Å². The number of nitrogens with zero attached hydrogens (tertiary/aromatic N) is 2. The molecule has 0 aromatic carbocycles. The fourth-order valence-corrected chi connectivity index (χ4v) is 3.48. The van der Waals surface area contributed by atoms with E-state index in [4.69, 9.17) is 5.73 Å². The van der Waals surface area contributed by atoms with Gasteiger partial charge < -0.3 is 5.73 Å². The zero-order chi connectivity index (χ0) is 14.0. The summed E-state index contributed by atoms with van der Waals surface area (Å²) in [4.78, 5) is 12.8. The van der Waals surface area contributed by atoms with E-state index in [0.717, 1.165) is 36.7 Å². The normalized spacial score (nSPS) is 27.5. The van der Waals surface area contributed by atoms with Crippen molar-refractivity contribution in [1.29, 1.82) is 0 Å². The van der Waals surface area contributed by atoms with Crippen molar-refractivity contribution in [2.45, 2.75) is 58.0 Å². The second-order valence-corrected chi connectivity index (χ2v) is 6.61. The summed E-state index contributed by atoms with van der Waals surface area (Å²) >= 11 is 3.43. The van der Waals surface area contributed by atoms with Crippen LogP contribution in [0.15, 0.2) is 10.7 Å². The largest absolute Gasteiger partial charge is 0.319 e. The van der Waals surface area contributed by atoms with Crippen LogP contribution in [-0.4, -0.2) is 21.1 Å². The molecule has 4 nitrogen and oxygen atoms in total. The number of rotatable bonds is 4. The Morgan fingerprint density at radius 2 is 2.42 bits per heavy atom. The van der Waals surface area contributed by atoms with Gasteiger partial charge in [0.25, 0.3) is 0 Å². The molecule has 2 atom stereocenters. The third kappa shape index (κ3) is 2.92. The molecule has 1 aromatic rings. The third-order valence-electron chi connectivity index (χ3n) is 3.93. The summed E-state index contributed by atoms with van der Waals surface area (Å²) in [5.74, 6) is 0.556. The summed E-state index contributed by atoms with van der Waals surface area (Å²) in [6.07, 6.45) is 6.39. The van der Waals surface area contributed by atoms with Gasteiger partial charge in [-0.1, -0.05) is 26.7 Å². The molecule has 2 unspecified atom stereocenters. The molecule has 0 bridgehead atoms. The Bertz CT molecular complexity index is 471. The van der Waals surface area contributed by atoms with Crippen LogP contribution in [0.4, 0.5) is 0 Å². The number of aromatic nitrogens is 2. The lowest BCUT2D eigenvalue weighted by atomic mass is 9.74. The average Bonchev–Trinajstić information content (AvgIpc) is 2.70. The van der Waals surface area contributed by atoms with E-state index in [1.165, 1.54) is 6.42 Å². The monoisotopic (exact) mass is 327 g/mol. The molecule has 1 aliphatic rings. The first-order valence-corrected chi connectivity index (χ1v) is 7.82. The molecule has 2 rings (SSSR count). The van der Waals surface area contributed by atoms with Gasteiger partial charge in [-0.2, -0.15) is 5.10 Å². The fraction of sp³-hybridized carbons (Fsp3) is 0.714. The molecule has 0 aliphatic heterocycles. The predicted molar refractivity (Wildman–Crippen MR) is 79.1 cm³/mol. The van der Waals surface area contributed by atoms with Crippen molar-refractivity contribution in [2.75, 3.05) is 0 Å². The molecule has 1 fully saturated rings. The number of Topliss-reactive ketones (excluding diaryl/α,β-unsaturated/α-hetero) is 1. The predicted octanol–water partition coefficient (Wildman–Crippen LogP) is 3.15. The van der Waals surface area contributed by atoms with Gasteiger partial charge in [-0.3, -0.25) is 9.48 Å². The Labute approximate surface area is 122 Å². The van der Waals surface area contributed by atoms with Crippen LogP contribution in [0.25, 0.3) is 0 Å². The van der Waals surface area contributed by atoms with Gasteiger partial charge in [0.2, 0.25) is 5.78 Å². The van der Waals surface area contributed by atoms with Crippen molar-refractivity contribution >= 4 is 21.7 Å². The van der Waals surface area contributed by atoms with Crippen molar-refractivity contribution in [2.24, 2.45) is 11.7 Å². The van der Waals surface area contributed by atoms with Crippen molar-refractivity contribution in [1.82, 2.24) is 9.78 Å². The van der Waals surface area contributed by atoms with Crippen LogP contribution in [0.1, 0.15) is 56.4 Å². The van der Waals surface area contributed by atoms with Gasteiger partial charge in [0.15, 0.2) is 0 Å². The van der Waals surface area contributed by atoms with E-state index < -0.39 is 5.54 Å². The van der Waals surface area contributed by atoms with Crippen LogP contribution in [0.3, 0.4) is 0 Å². The summed E-state index contributed by atoms with van der Waals surface area (Å²) in [5, 5.41) is 4.26. The zero-order valence-electron chi connectivity index (χ0n) is 11.7. The quantitative estimate of drug-likeness (QED) is 0.864. The van der Waals surface area contributed by atoms with Gasteiger partial charge >= 0.3 is 0 Å². The lowest BCUT2D eigenvalue weighted by Crippen LogP contribution is -2.51. The maximum Gasteiger partial charge on any atom is 0.201 e. The molecular formula is C14H22BrN3O. The second kappa shape index (κ2) is 5.75. The highest BCUT2D eigenvalue weighted by Crippen LogP contribution is 2.34. The molecule has 0 amide bonds. The molecular weight excluding hydrogens is 306 g/mol. The highest BCUT2D eigenvalue weighted by molar-refractivity contribution is 9.10. The summed E-state index contributed by atoms with van der Waals surface area (Å²) in [6.45, 7) is 5.00. The van der Waals surface area contributed by atoms with Crippen LogP contribution in [0.5, 0.6) is 0 Å². The lowest BCUT2D eigenvalue weighted by Gasteiger charge is -2.35. The van der Waals surface area contributed by atoms with Gasteiger partial charge in [-0.05, 0) is 41.1 Å².